The Morgan fingerprint density at radius 2 is 2.21 bits per heavy atom. The quantitative estimate of drug-likeness (QED) is 0.894. The van der Waals surface area contributed by atoms with Gasteiger partial charge in [-0.2, -0.15) is 0 Å². The molecular weight excluding hydrogens is 355 g/mol. The Labute approximate surface area is 142 Å². The van der Waals surface area contributed by atoms with E-state index in [0.29, 0.717) is 17.2 Å². The maximum Gasteiger partial charge on any atom is 0.284 e. The van der Waals surface area contributed by atoms with Gasteiger partial charge in [0.15, 0.2) is 0 Å². The predicted molar refractivity (Wildman–Crippen MR) is 85.8 cm³/mol. The molecule has 9 heteroatoms. The van der Waals surface area contributed by atoms with E-state index in [-0.39, 0.29) is 16.7 Å². The topological polar surface area (TPSA) is 85.4 Å². The molecule has 0 saturated carbocycles. The number of rotatable bonds is 4. The van der Waals surface area contributed by atoms with Crippen LogP contribution >= 0.6 is 11.3 Å². The van der Waals surface area contributed by atoms with Gasteiger partial charge in [0.2, 0.25) is 0 Å². The number of sulfonamides is 1. The van der Waals surface area contributed by atoms with Crippen LogP contribution in [0, 0.1) is 12.7 Å². The molecule has 1 saturated heterocycles. The summed E-state index contributed by atoms with van der Waals surface area (Å²) < 4.78 is 45.3. The summed E-state index contributed by atoms with van der Waals surface area (Å²) in [5.74, 6) is -1.53. The molecule has 1 amide bonds. The highest BCUT2D eigenvalue weighted by atomic mass is 32.2. The molecule has 0 aliphatic carbocycles. The Kier molecular flexibility index (Phi) is 4.66. The third-order valence-electron chi connectivity index (χ3n) is 3.51. The minimum absolute atomic E-state index is 0.00204. The van der Waals surface area contributed by atoms with Crippen molar-refractivity contribution in [2.45, 2.75) is 30.8 Å². The highest BCUT2D eigenvalue weighted by Crippen LogP contribution is 2.30. The Morgan fingerprint density at radius 1 is 1.42 bits per heavy atom. The predicted octanol–water partition coefficient (Wildman–Crippen LogP) is 2.56. The molecule has 2 aromatic rings. The zero-order valence-electron chi connectivity index (χ0n) is 12.8. The zero-order valence-corrected chi connectivity index (χ0v) is 14.4. The van der Waals surface area contributed by atoms with E-state index in [1.54, 1.807) is 6.92 Å². The van der Waals surface area contributed by atoms with Gasteiger partial charge in [-0.3, -0.25) is 4.79 Å². The molecule has 2 heterocycles. The molecule has 0 spiro atoms. The second-order valence-electron chi connectivity index (χ2n) is 5.47. The van der Waals surface area contributed by atoms with E-state index in [2.05, 4.69) is 4.98 Å². The maximum absolute atomic E-state index is 13.4. The standard InChI is InChI=1S/C15H15FN2O4S2/c1-9-5-10(16)7-11(6-9)24(20,21)18-14(19)12-8-23-15(17-12)13-3-2-4-22-13/h5-8,13H,2-4H2,1H3,(H,18,19)/t13-/m0/s1. The highest BCUT2D eigenvalue weighted by molar-refractivity contribution is 7.90. The van der Waals surface area contributed by atoms with Gasteiger partial charge in [0, 0.05) is 12.0 Å². The van der Waals surface area contributed by atoms with Gasteiger partial charge in [0.25, 0.3) is 15.9 Å². The van der Waals surface area contributed by atoms with Gasteiger partial charge in [-0.15, -0.1) is 11.3 Å². The number of amides is 1. The summed E-state index contributed by atoms with van der Waals surface area (Å²) in [5, 5.41) is 2.13. The van der Waals surface area contributed by atoms with Gasteiger partial charge < -0.3 is 4.74 Å². The molecule has 1 aromatic carbocycles. The third kappa shape index (κ3) is 3.63. The van der Waals surface area contributed by atoms with Crippen LogP contribution in [0.1, 0.15) is 40.0 Å². The van der Waals surface area contributed by atoms with Crippen LogP contribution in [0.3, 0.4) is 0 Å². The lowest BCUT2D eigenvalue weighted by atomic mass is 10.2. The molecule has 1 aliphatic heterocycles. The first-order valence-electron chi connectivity index (χ1n) is 7.26. The number of nitrogens with one attached hydrogen (secondary N) is 1. The van der Waals surface area contributed by atoms with Crippen LogP contribution in [-0.4, -0.2) is 25.9 Å². The van der Waals surface area contributed by atoms with Gasteiger partial charge in [0.1, 0.15) is 22.6 Å². The first-order chi connectivity index (χ1) is 11.3. The van der Waals surface area contributed by atoms with E-state index < -0.39 is 21.7 Å². The number of hydrogen-bond acceptors (Lipinski definition) is 6. The van der Waals surface area contributed by atoms with Gasteiger partial charge in [-0.05, 0) is 43.5 Å². The number of aromatic nitrogens is 1. The molecule has 1 fully saturated rings. The summed E-state index contributed by atoms with van der Waals surface area (Å²) in [6.45, 7) is 2.22. The molecule has 1 aliphatic rings. The summed E-state index contributed by atoms with van der Waals surface area (Å²) in [7, 11) is -4.17. The zero-order chi connectivity index (χ0) is 17.3. The van der Waals surface area contributed by atoms with Crippen LogP contribution in [0.15, 0.2) is 28.5 Å². The van der Waals surface area contributed by atoms with E-state index >= 15 is 0 Å². The van der Waals surface area contributed by atoms with E-state index in [1.165, 1.54) is 28.8 Å². The Balaban J connectivity index is 1.78. The molecule has 24 heavy (non-hydrogen) atoms. The van der Waals surface area contributed by atoms with Crippen molar-refractivity contribution in [3.05, 3.63) is 45.7 Å². The number of ether oxygens (including phenoxy) is 1. The van der Waals surface area contributed by atoms with Crippen molar-refractivity contribution in [1.82, 2.24) is 9.71 Å². The fraction of sp³-hybridized carbons (Fsp3) is 0.333. The van der Waals surface area contributed by atoms with Crippen molar-refractivity contribution >= 4 is 27.3 Å². The molecule has 1 aromatic heterocycles. The molecule has 128 valence electrons. The maximum atomic E-state index is 13.4. The number of benzene rings is 1. The number of aryl methyl sites for hydroxylation is 1. The summed E-state index contributed by atoms with van der Waals surface area (Å²) in [5.41, 5.74) is 0.444. The first-order valence-corrected chi connectivity index (χ1v) is 9.63. The third-order valence-corrected chi connectivity index (χ3v) is 5.76. The van der Waals surface area contributed by atoms with Gasteiger partial charge in [-0.1, -0.05) is 0 Å². The number of halogens is 1. The Hall–Kier alpha value is -1.84. The number of carbonyl (C=O) groups is 1. The van der Waals surface area contributed by atoms with Crippen molar-refractivity contribution in [1.29, 1.82) is 0 Å². The fourth-order valence-electron chi connectivity index (χ4n) is 2.40. The summed E-state index contributed by atoms with van der Waals surface area (Å²) in [6.07, 6.45) is 1.62. The van der Waals surface area contributed by atoms with Crippen molar-refractivity contribution in [2.24, 2.45) is 0 Å². The minimum atomic E-state index is -4.17. The number of carbonyl (C=O) groups excluding carboxylic acids is 1. The first kappa shape index (κ1) is 17.0. The van der Waals surface area contributed by atoms with Crippen molar-refractivity contribution in [3.63, 3.8) is 0 Å². The smallest absolute Gasteiger partial charge is 0.284 e. The van der Waals surface area contributed by atoms with E-state index in [1.807, 2.05) is 4.72 Å². The van der Waals surface area contributed by atoms with Crippen molar-refractivity contribution < 1.29 is 22.3 Å². The number of nitrogens with zero attached hydrogens (tertiary/aromatic N) is 1. The second kappa shape index (κ2) is 6.58. The summed E-state index contributed by atoms with van der Waals surface area (Å²) in [4.78, 5) is 16.0. The van der Waals surface area contributed by atoms with Crippen LogP contribution in [0.4, 0.5) is 4.39 Å². The SMILES string of the molecule is Cc1cc(F)cc(S(=O)(=O)NC(=O)c2csc([C@@H]3CCCO3)n2)c1. The number of hydrogen-bond donors (Lipinski definition) is 1. The summed E-state index contributed by atoms with van der Waals surface area (Å²) >= 11 is 1.25. The minimum Gasteiger partial charge on any atom is -0.371 e. The fourth-order valence-corrected chi connectivity index (χ4v) is 4.36. The average molecular weight is 370 g/mol. The molecule has 6 nitrogen and oxygen atoms in total. The van der Waals surface area contributed by atoms with Crippen LogP contribution in [0.5, 0.6) is 0 Å². The van der Waals surface area contributed by atoms with Gasteiger partial charge in [0.05, 0.1) is 4.90 Å². The molecule has 0 bridgehead atoms. The molecule has 3 rings (SSSR count). The second-order valence-corrected chi connectivity index (χ2v) is 8.04. The van der Waals surface area contributed by atoms with Crippen LogP contribution in [-0.2, 0) is 14.8 Å². The van der Waals surface area contributed by atoms with Crippen LogP contribution in [0.25, 0.3) is 0 Å². The Morgan fingerprint density at radius 3 is 2.88 bits per heavy atom. The molecular formula is C15H15FN2O4S2. The van der Waals surface area contributed by atoms with Crippen LogP contribution < -0.4 is 4.72 Å². The largest absolute Gasteiger partial charge is 0.371 e. The molecule has 1 N–H and O–H groups in total. The van der Waals surface area contributed by atoms with Gasteiger partial charge in [-0.25, -0.2) is 22.5 Å². The van der Waals surface area contributed by atoms with Gasteiger partial charge >= 0.3 is 0 Å². The lowest BCUT2D eigenvalue weighted by Gasteiger charge is -2.07. The van der Waals surface area contributed by atoms with E-state index in [9.17, 15) is 17.6 Å². The highest BCUT2D eigenvalue weighted by Gasteiger charge is 2.25. The van der Waals surface area contributed by atoms with Crippen molar-refractivity contribution in [3.8, 4) is 0 Å². The Bertz CT molecular complexity index is 853. The van der Waals surface area contributed by atoms with E-state index in [0.717, 1.165) is 18.9 Å². The van der Waals surface area contributed by atoms with Crippen molar-refractivity contribution in [2.75, 3.05) is 6.61 Å². The molecule has 0 unspecified atom stereocenters. The van der Waals surface area contributed by atoms with E-state index in [4.69, 9.17) is 4.74 Å². The molecule has 1 atom stereocenters. The lowest BCUT2D eigenvalue weighted by molar-refractivity contribution is 0.0973. The number of thiazole rings is 1. The monoisotopic (exact) mass is 370 g/mol. The summed E-state index contributed by atoms with van der Waals surface area (Å²) in [6, 6.07) is 3.36. The average Bonchev–Trinajstić information content (AvgIpc) is 3.17. The van der Waals surface area contributed by atoms with Crippen LogP contribution in [0.2, 0.25) is 0 Å². The normalized spacial score (nSPS) is 17.8. The lowest BCUT2D eigenvalue weighted by Crippen LogP contribution is -2.31. The molecule has 0 radical (unpaired) electrons.